The monoisotopic (exact) mass is 530 g/mol. The maximum Gasteiger partial charge on any atom is 0.277 e. The van der Waals surface area contributed by atoms with Gasteiger partial charge >= 0.3 is 0 Å². The number of rotatable bonds is 9. The summed E-state index contributed by atoms with van der Waals surface area (Å²) >= 11 is 0. The molecule has 3 aromatic carbocycles. The van der Waals surface area contributed by atoms with E-state index in [2.05, 4.69) is 62.4 Å². The van der Waals surface area contributed by atoms with Gasteiger partial charge in [0, 0.05) is 30.4 Å². The molecule has 9 heteroatoms. The highest BCUT2D eigenvalue weighted by Crippen LogP contribution is 2.30. The van der Waals surface area contributed by atoms with Crippen LogP contribution < -0.4 is 11.3 Å². The number of fused-ring (bicyclic) bond motifs is 1. The Kier molecular flexibility index (Phi) is 6.93. The van der Waals surface area contributed by atoms with E-state index in [-0.39, 0.29) is 5.56 Å². The number of unbranched alkanes of at least 4 members (excludes halogenated alkanes) is 1. The first-order valence-electron chi connectivity index (χ1n) is 13.5. The van der Waals surface area contributed by atoms with Crippen LogP contribution in [0, 0.1) is 0 Å². The van der Waals surface area contributed by atoms with Gasteiger partial charge in [0.05, 0.1) is 12.1 Å². The number of pyridine rings is 1. The first kappa shape index (κ1) is 25.2. The number of aromatic nitrogens is 7. The van der Waals surface area contributed by atoms with Crippen LogP contribution in [0.1, 0.15) is 36.7 Å². The van der Waals surface area contributed by atoms with Crippen LogP contribution in [0.5, 0.6) is 0 Å². The van der Waals surface area contributed by atoms with Gasteiger partial charge in [-0.05, 0) is 57.3 Å². The largest absolute Gasteiger partial charge is 0.399 e. The molecule has 3 aromatic heterocycles. The summed E-state index contributed by atoms with van der Waals surface area (Å²) in [6, 6.07) is 26.0. The second-order valence-corrected chi connectivity index (χ2v) is 9.93. The zero-order valence-electron chi connectivity index (χ0n) is 22.3. The number of imidazole rings is 1. The van der Waals surface area contributed by atoms with Crippen LogP contribution in [-0.2, 0) is 19.5 Å². The molecule has 0 aliphatic carbocycles. The molecule has 0 saturated carbocycles. The van der Waals surface area contributed by atoms with Crippen LogP contribution in [0.4, 0.5) is 5.69 Å². The average molecular weight is 531 g/mol. The molecule has 0 fully saturated rings. The highest BCUT2D eigenvalue weighted by Gasteiger charge is 2.16. The SMILES string of the molecule is CCCCc1nc2ccn(Cc3ccc(N)cc3)c(=O)c2n1Cc1ccc(-c2ccccc2-c2nnn[nH]2)cc1. The number of aryl methyl sites for hydroxylation is 1. The van der Waals surface area contributed by atoms with Gasteiger partial charge in [0.2, 0.25) is 0 Å². The fourth-order valence-electron chi connectivity index (χ4n) is 5.05. The second kappa shape index (κ2) is 11.0. The summed E-state index contributed by atoms with van der Waals surface area (Å²) in [5, 5.41) is 14.4. The molecule has 200 valence electrons. The predicted octanol–water partition coefficient (Wildman–Crippen LogP) is 5.07. The van der Waals surface area contributed by atoms with Crippen LogP contribution in [0.2, 0.25) is 0 Å². The van der Waals surface area contributed by atoms with E-state index < -0.39 is 0 Å². The lowest BCUT2D eigenvalue weighted by molar-refractivity contribution is 0.684. The van der Waals surface area contributed by atoms with Crippen LogP contribution in [-0.4, -0.2) is 34.7 Å². The molecule has 0 atom stereocenters. The van der Waals surface area contributed by atoms with Crippen molar-refractivity contribution in [3.8, 4) is 22.5 Å². The molecule has 0 saturated heterocycles. The number of hydrogen-bond donors (Lipinski definition) is 2. The number of nitrogen functional groups attached to an aromatic ring is 1. The molecule has 0 unspecified atom stereocenters. The van der Waals surface area contributed by atoms with Gasteiger partial charge in [-0.1, -0.05) is 74.0 Å². The number of hydrogen-bond acceptors (Lipinski definition) is 6. The van der Waals surface area contributed by atoms with E-state index in [1.807, 2.05) is 54.7 Å². The zero-order chi connectivity index (χ0) is 27.5. The molecule has 9 nitrogen and oxygen atoms in total. The summed E-state index contributed by atoms with van der Waals surface area (Å²) < 4.78 is 3.84. The number of tetrazole rings is 1. The maximum absolute atomic E-state index is 13.7. The van der Waals surface area contributed by atoms with Crippen molar-refractivity contribution < 1.29 is 0 Å². The summed E-state index contributed by atoms with van der Waals surface area (Å²) in [4.78, 5) is 18.6. The molecule has 40 heavy (non-hydrogen) atoms. The normalized spacial score (nSPS) is 11.3. The van der Waals surface area contributed by atoms with Gasteiger partial charge in [0.1, 0.15) is 11.3 Å². The Morgan fingerprint density at radius 1 is 0.875 bits per heavy atom. The van der Waals surface area contributed by atoms with Gasteiger partial charge in [0.25, 0.3) is 5.56 Å². The number of nitrogens with one attached hydrogen (secondary N) is 1. The van der Waals surface area contributed by atoms with Crippen LogP contribution in [0.25, 0.3) is 33.5 Å². The lowest BCUT2D eigenvalue weighted by Crippen LogP contribution is -2.22. The number of aromatic amines is 1. The fraction of sp³-hybridized carbons (Fsp3) is 0.194. The first-order valence-corrected chi connectivity index (χ1v) is 13.5. The smallest absolute Gasteiger partial charge is 0.277 e. The first-order chi connectivity index (χ1) is 19.6. The standard InChI is InChI=1S/C31H30N8O/c1-2-3-8-28-33-27-17-18-38(19-21-11-15-24(32)16-12-21)31(40)29(27)39(28)20-22-9-13-23(14-10-22)25-6-4-5-7-26(25)30-34-36-37-35-30/h4-7,9-18H,2-3,8,19-20,32H2,1H3,(H,34,35,36,37). The minimum atomic E-state index is -0.0456. The molecule has 0 spiro atoms. The van der Waals surface area contributed by atoms with E-state index in [0.29, 0.717) is 30.1 Å². The topological polar surface area (TPSA) is 120 Å². The molecule has 0 radical (unpaired) electrons. The van der Waals surface area contributed by atoms with E-state index in [0.717, 1.165) is 58.4 Å². The van der Waals surface area contributed by atoms with Gasteiger partial charge in [-0.15, -0.1) is 5.10 Å². The number of nitrogens with zero attached hydrogens (tertiary/aromatic N) is 6. The van der Waals surface area contributed by atoms with E-state index in [4.69, 9.17) is 10.7 Å². The summed E-state index contributed by atoms with van der Waals surface area (Å²) in [5.74, 6) is 1.56. The van der Waals surface area contributed by atoms with E-state index in [1.165, 1.54) is 0 Å². The number of benzene rings is 3. The number of anilines is 1. The molecule has 0 amide bonds. The van der Waals surface area contributed by atoms with Crippen molar-refractivity contribution in [2.45, 2.75) is 39.3 Å². The highest BCUT2D eigenvalue weighted by atomic mass is 16.1. The van der Waals surface area contributed by atoms with E-state index in [9.17, 15) is 4.79 Å². The Balaban J connectivity index is 1.35. The third-order valence-corrected chi connectivity index (χ3v) is 7.17. The molecular weight excluding hydrogens is 500 g/mol. The van der Waals surface area contributed by atoms with E-state index >= 15 is 0 Å². The van der Waals surface area contributed by atoms with Crippen molar-refractivity contribution in [3.05, 3.63) is 112 Å². The molecular formula is C31H30N8O. The van der Waals surface area contributed by atoms with Crippen LogP contribution in [0.3, 0.4) is 0 Å². The minimum Gasteiger partial charge on any atom is -0.399 e. The van der Waals surface area contributed by atoms with E-state index in [1.54, 1.807) is 4.57 Å². The highest BCUT2D eigenvalue weighted by molar-refractivity contribution is 5.80. The Morgan fingerprint density at radius 2 is 1.60 bits per heavy atom. The molecule has 3 N–H and O–H groups in total. The molecule has 6 aromatic rings. The number of H-pyrrole nitrogens is 1. The van der Waals surface area contributed by atoms with Crippen molar-refractivity contribution >= 4 is 16.7 Å². The third-order valence-electron chi connectivity index (χ3n) is 7.17. The summed E-state index contributed by atoms with van der Waals surface area (Å²) in [6.45, 7) is 3.20. The van der Waals surface area contributed by atoms with Crippen molar-refractivity contribution in [3.63, 3.8) is 0 Å². The quantitative estimate of drug-likeness (QED) is 0.252. The van der Waals surface area contributed by atoms with Crippen molar-refractivity contribution in [2.24, 2.45) is 0 Å². The second-order valence-electron chi connectivity index (χ2n) is 9.93. The Morgan fingerprint density at radius 3 is 2.33 bits per heavy atom. The van der Waals surface area contributed by atoms with Gasteiger partial charge in [0.15, 0.2) is 5.82 Å². The van der Waals surface area contributed by atoms with Crippen molar-refractivity contribution in [1.82, 2.24) is 34.7 Å². The predicted molar refractivity (Wildman–Crippen MR) is 157 cm³/mol. The van der Waals surface area contributed by atoms with Crippen LogP contribution >= 0.6 is 0 Å². The fourth-order valence-corrected chi connectivity index (χ4v) is 5.05. The maximum atomic E-state index is 13.7. The lowest BCUT2D eigenvalue weighted by Gasteiger charge is -2.12. The Labute approximate surface area is 231 Å². The average Bonchev–Trinajstić information content (AvgIpc) is 3.64. The molecule has 0 aliphatic rings. The van der Waals surface area contributed by atoms with Gasteiger partial charge in [-0.25, -0.2) is 10.1 Å². The van der Waals surface area contributed by atoms with Gasteiger partial charge in [-0.3, -0.25) is 4.79 Å². The minimum absolute atomic E-state index is 0.0456. The van der Waals surface area contributed by atoms with Crippen molar-refractivity contribution in [1.29, 1.82) is 0 Å². The summed E-state index contributed by atoms with van der Waals surface area (Å²) in [6.07, 6.45) is 4.71. The van der Waals surface area contributed by atoms with Gasteiger partial charge in [-0.2, -0.15) is 0 Å². The molecule has 0 bridgehead atoms. The molecule has 6 rings (SSSR count). The third kappa shape index (κ3) is 5.01. The zero-order valence-corrected chi connectivity index (χ0v) is 22.3. The molecule has 0 aliphatic heterocycles. The summed E-state index contributed by atoms with van der Waals surface area (Å²) in [5.41, 5.74) is 13.0. The lowest BCUT2D eigenvalue weighted by atomic mass is 9.98. The van der Waals surface area contributed by atoms with Gasteiger partial charge < -0.3 is 14.9 Å². The van der Waals surface area contributed by atoms with Crippen molar-refractivity contribution in [2.75, 3.05) is 5.73 Å². The summed E-state index contributed by atoms with van der Waals surface area (Å²) in [7, 11) is 0. The van der Waals surface area contributed by atoms with Crippen LogP contribution in [0.15, 0.2) is 89.9 Å². The number of nitrogens with two attached hydrogens (primary N) is 1. The Hall–Kier alpha value is -5.05. The molecule has 3 heterocycles. The Bertz CT molecular complexity index is 1800.